The van der Waals surface area contributed by atoms with Crippen molar-refractivity contribution in [2.24, 2.45) is 10.9 Å². The predicted octanol–water partition coefficient (Wildman–Crippen LogP) is 3.35. The Hall–Kier alpha value is -4.16. The summed E-state index contributed by atoms with van der Waals surface area (Å²) < 4.78 is 25.3. The molecule has 0 bridgehead atoms. The fourth-order valence-electron chi connectivity index (χ4n) is 3.83. The van der Waals surface area contributed by atoms with Crippen molar-refractivity contribution in [2.75, 3.05) is 18.1 Å². The molecule has 0 saturated carbocycles. The number of carbonyl (C=O) groups excluding carboxylic acids is 1. The van der Waals surface area contributed by atoms with Crippen LogP contribution in [0.1, 0.15) is 23.6 Å². The molecule has 0 radical (unpaired) electrons. The highest BCUT2D eigenvalue weighted by atomic mass is 32.2. The van der Waals surface area contributed by atoms with E-state index in [1.807, 2.05) is 54.6 Å². The molecule has 35 heavy (non-hydrogen) atoms. The molecule has 3 aromatic rings. The number of carbonyl (C=O) groups is 1. The van der Waals surface area contributed by atoms with Crippen molar-refractivity contribution in [3.05, 3.63) is 89.5 Å². The zero-order valence-corrected chi connectivity index (χ0v) is 20.4. The maximum Gasteiger partial charge on any atom is 0.258 e. The summed E-state index contributed by atoms with van der Waals surface area (Å²) in [6, 6.07) is 23.3. The highest BCUT2D eigenvalue weighted by molar-refractivity contribution is 7.88. The maximum absolute atomic E-state index is 13.3. The number of hydrazone groups is 1. The van der Waals surface area contributed by atoms with E-state index in [4.69, 9.17) is 5.84 Å². The fraction of sp³-hybridized carbons (Fsp3) is 0.192. The smallest absolute Gasteiger partial charge is 0.258 e. The Labute approximate surface area is 205 Å². The van der Waals surface area contributed by atoms with E-state index in [1.54, 1.807) is 25.1 Å². The van der Waals surface area contributed by atoms with Crippen LogP contribution in [0.4, 0.5) is 5.69 Å². The van der Waals surface area contributed by atoms with E-state index < -0.39 is 22.0 Å². The molecule has 0 aliphatic carbocycles. The molecule has 0 aromatic heterocycles. The van der Waals surface area contributed by atoms with Crippen LogP contribution in [-0.2, 0) is 21.2 Å². The maximum atomic E-state index is 13.3. The van der Waals surface area contributed by atoms with E-state index in [9.17, 15) is 18.5 Å². The van der Waals surface area contributed by atoms with Gasteiger partial charge in [0.05, 0.1) is 24.1 Å². The molecule has 0 aliphatic rings. The van der Waals surface area contributed by atoms with Crippen molar-refractivity contribution in [3.8, 4) is 17.2 Å². The van der Waals surface area contributed by atoms with Crippen LogP contribution in [0.5, 0.6) is 0 Å². The number of nitrogens with zero attached hydrogens (tertiary/aromatic N) is 3. The number of hydrogen-bond donors (Lipinski definition) is 2. The van der Waals surface area contributed by atoms with Crippen molar-refractivity contribution in [1.82, 2.24) is 4.31 Å². The quantitative estimate of drug-likeness (QED) is 0.269. The van der Waals surface area contributed by atoms with E-state index in [0.717, 1.165) is 32.8 Å². The first-order chi connectivity index (χ1) is 16.8. The van der Waals surface area contributed by atoms with Gasteiger partial charge in [0.15, 0.2) is 0 Å². The number of benzene rings is 3. The van der Waals surface area contributed by atoms with Gasteiger partial charge in [-0.25, -0.2) is 12.7 Å². The Kier molecular flexibility index (Phi) is 8.23. The lowest BCUT2D eigenvalue weighted by molar-refractivity contribution is -0.127. The molecular weight excluding hydrogens is 462 g/mol. The van der Waals surface area contributed by atoms with Gasteiger partial charge >= 0.3 is 0 Å². The van der Waals surface area contributed by atoms with E-state index in [-0.39, 0.29) is 13.0 Å². The summed E-state index contributed by atoms with van der Waals surface area (Å²) in [6.07, 6.45) is 2.77. The highest BCUT2D eigenvalue weighted by Crippen LogP contribution is 2.25. The van der Waals surface area contributed by atoms with Crippen molar-refractivity contribution in [2.45, 2.75) is 19.4 Å². The number of sulfonamides is 1. The van der Waals surface area contributed by atoms with Gasteiger partial charge in [-0.3, -0.25) is 4.79 Å². The Morgan fingerprint density at radius 3 is 2.49 bits per heavy atom. The lowest BCUT2D eigenvalue weighted by atomic mass is 9.99. The second-order valence-corrected chi connectivity index (χ2v) is 9.83. The first kappa shape index (κ1) is 25.5. The molecule has 3 aromatic carbocycles. The third-order valence-corrected chi connectivity index (χ3v) is 6.67. The lowest BCUT2D eigenvalue weighted by Gasteiger charge is -2.26. The normalized spacial score (nSPS) is 12.1. The first-order valence-corrected chi connectivity index (χ1v) is 12.8. The number of nitriles is 1. The van der Waals surface area contributed by atoms with Gasteiger partial charge in [0.1, 0.15) is 6.04 Å². The summed E-state index contributed by atoms with van der Waals surface area (Å²) in [5, 5.41) is 16.1. The summed E-state index contributed by atoms with van der Waals surface area (Å²) in [7, 11) is -3.74. The van der Waals surface area contributed by atoms with Crippen LogP contribution in [0.15, 0.2) is 77.9 Å². The molecule has 3 rings (SSSR count). The summed E-state index contributed by atoms with van der Waals surface area (Å²) >= 11 is 0. The minimum atomic E-state index is -3.74. The monoisotopic (exact) mass is 489 g/mol. The van der Waals surface area contributed by atoms with E-state index in [1.165, 1.54) is 6.21 Å². The number of nitrogens with two attached hydrogens (primary N) is 1. The zero-order chi connectivity index (χ0) is 25.4. The Balaban J connectivity index is 1.92. The molecular formula is C26H27N5O3S. The molecule has 9 heteroatoms. The molecule has 0 heterocycles. The third kappa shape index (κ3) is 6.46. The van der Waals surface area contributed by atoms with Gasteiger partial charge in [-0.2, -0.15) is 10.4 Å². The average molecular weight is 490 g/mol. The van der Waals surface area contributed by atoms with Crippen LogP contribution in [-0.4, -0.2) is 43.7 Å². The predicted molar refractivity (Wildman–Crippen MR) is 138 cm³/mol. The lowest BCUT2D eigenvalue weighted by Crippen LogP contribution is -2.46. The Morgan fingerprint density at radius 2 is 1.86 bits per heavy atom. The third-order valence-electron chi connectivity index (χ3n) is 5.43. The average Bonchev–Trinajstić information content (AvgIpc) is 2.84. The van der Waals surface area contributed by atoms with Crippen LogP contribution < -0.4 is 11.2 Å². The standard InChI is InChI=1S/C26H27N5O3S/c1-3-31(35(2,33)34)26(32)25(16-19-7-6-8-20(15-19)18-29-28)30-23-13-11-21(12-14-23)24-10-5-4-9-22(24)17-27/h4-15,18,25,30H,3,16,28H2,1-2H3/t25-/m0/s1. The highest BCUT2D eigenvalue weighted by Gasteiger charge is 2.29. The van der Waals surface area contributed by atoms with E-state index >= 15 is 0 Å². The number of amides is 1. The van der Waals surface area contributed by atoms with Gasteiger partial charge in [-0.05, 0) is 47.4 Å². The molecule has 1 amide bonds. The van der Waals surface area contributed by atoms with Gasteiger partial charge in [-0.15, -0.1) is 0 Å². The fourth-order valence-corrected chi connectivity index (χ4v) is 4.75. The molecule has 0 spiro atoms. The number of rotatable bonds is 9. The Morgan fingerprint density at radius 1 is 1.14 bits per heavy atom. The SMILES string of the molecule is CCN(C(=O)[C@H](Cc1cccc(C=NN)c1)Nc1ccc(-c2ccccc2C#N)cc1)S(C)(=O)=O. The van der Waals surface area contributed by atoms with Gasteiger partial charge < -0.3 is 11.2 Å². The van der Waals surface area contributed by atoms with Gasteiger partial charge in [0.2, 0.25) is 10.0 Å². The number of nitrogens with one attached hydrogen (secondary N) is 1. The van der Waals surface area contributed by atoms with Gasteiger partial charge in [0, 0.05) is 18.7 Å². The second-order valence-electron chi connectivity index (χ2n) is 7.92. The molecule has 0 unspecified atom stereocenters. The Bertz CT molecular complexity index is 1360. The van der Waals surface area contributed by atoms with Crippen LogP contribution in [0, 0.1) is 11.3 Å². The van der Waals surface area contributed by atoms with Crippen molar-refractivity contribution < 1.29 is 13.2 Å². The van der Waals surface area contributed by atoms with Crippen LogP contribution in [0.3, 0.4) is 0 Å². The van der Waals surface area contributed by atoms with Gasteiger partial charge in [-0.1, -0.05) is 54.6 Å². The first-order valence-electron chi connectivity index (χ1n) is 11.0. The van der Waals surface area contributed by atoms with Gasteiger partial charge in [0.25, 0.3) is 5.91 Å². The minimum absolute atomic E-state index is 0.0274. The largest absolute Gasteiger partial charge is 0.373 e. The van der Waals surface area contributed by atoms with Crippen molar-refractivity contribution in [1.29, 1.82) is 5.26 Å². The number of likely N-dealkylation sites (N-methyl/N-ethyl adjacent to an activating group) is 1. The molecule has 0 saturated heterocycles. The molecule has 3 N–H and O–H groups in total. The number of hydrogen-bond acceptors (Lipinski definition) is 7. The summed E-state index contributed by atoms with van der Waals surface area (Å²) in [5.74, 6) is 4.70. The molecule has 180 valence electrons. The van der Waals surface area contributed by atoms with Crippen LogP contribution in [0.2, 0.25) is 0 Å². The van der Waals surface area contributed by atoms with Crippen LogP contribution in [0.25, 0.3) is 11.1 Å². The van der Waals surface area contributed by atoms with E-state index in [0.29, 0.717) is 11.3 Å². The molecule has 1 atom stereocenters. The zero-order valence-electron chi connectivity index (χ0n) is 19.5. The summed E-state index contributed by atoms with van der Waals surface area (Å²) in [4.78, 5) is 13.3. The summed E-state index contributed by atoms with van der Waals surface area (Å²) in [5.41, 5.74) is 4.46. The minimum Gasteiger partial charge on any atom is -0.373 e. The molecule has 8 nitrogen and oxygen atoms in total. The molecule has 0 fully saturated rings. The summed E-state index contributed by atoms with van der Waals surface area (Å²) in [6.45, 7) is 1.65. The van der Waals surface area contributed by atoms with Crippen LogP contribution >= 0.6 is 0 Å². The number of anilines is 1. The van der Waals surface area contributed by atoms with E-state index in [2.05, 4.69) is 16.5 Å². The van der Waals surface area contributed by atoms with Crippen molar-refractivity contribution >= 4 is 27.8 Å². The van der Waals surface area contributed by atoms with Crippen molar-refractivity contribution in [3.63, 3.8) is 0 Å². The molecule has 0 aliphatic heterocycles. The second kappa shape index (κ2) is 11.3. The topological polar surface area (TPSA) is 129 Å².